The molecule has 5 nitrogen and oxygen atoms in total. The molecule has 1 saturated heterocycles. The summed E-state index contributed by atoms with van der Waals surface area (Å²) in [7, 11) is 1.94. The number of rotatable bonds is 6. The summed E-state index contributed by atoms with van der Waals surface area (Å²) in [5.41, 5.74) is -0.0336. The Bertz CT molecular complexity index is 598. The molecule has 0 bridgehead atoms. The maximum absolute atomic E-state index is 13.8. The third kappa shape index (κ3) is 5.01. The SMILES string of the molecule is CNCC1CCN(C(=O)C(NC(=O)c2ccccc2F)C(C)C)CC1. The van der Waals surface area contributed by atoms with E-state index >= 15 is 0 Å². The lowest BCUT2D eigenvalue weighted by atomic mass is 9.95. The fraction of sp³-hybridized carbons (Fsp3) is 0.579. The number of nitrogens with zero attached hydrogens (tertiary/aromatic N) is 1. The minimum Gasteiger partial charge on any atom is -0.341 e. The topological polar surface area (TPSA) is 61.4 Å². The molecule has 0 radical (unpaired) electrons. The zero-order valence-electron chi connectivity index (χ0n) is 15.2. The van der Waals surface area contributed by atoms with E-state index in [9.17, 15) is 14.0 Å². The number of hydrogen-bond donors (Lipinski definition) is 2. The zero-order valence-corrected chi connectivity index (χ0v) is 15.2. The lowest BCUT2D eigenvalue weighted by Crippen LogP contribution is -2.53. The molecule has 1 fully saturated rings. The second kappa shape index (κ2) is 8.94. The van der Waals surface area contributed by atoms with Gasteiger partial charge in [-0.05, 0) is 50.4 Å². The highest BCUT2D eigenvalue weighted by Crippen LogP contribution is 2.19. The quantitative estimate of drug-likeness (QED) is 0.826. The zero-order chi connectivity index (χ0) is 18.4. The number of hydrogen-bond acceptors (Lipinski definition) is 3. The smallest absolute Gasteiger partial charge is 0.254 e. The third-order valence-corrected chi connectivity index (χ3v) is 4.76. The van der Waals surface area contributed by atoms with Crippen LogP contribution in [-0.4, -0.2) is 49.4 Å². The average Bonchev–Trinajstić information content (AvgIpc) is 2.60. The number of carbonyl (C=O) groups excluding carboxylic acids is 2. The van der Waals surface area contributed by atoms with Crippen LogP contribution in [0, 0.1) is 17.7 Å². The third-order valence-electron chi connectivity index (χ3n) is 4.76. The first-order chi connectivity index (χ1) is 11.9. The maximum Gasteiger partial charge on any atom is 0.254 e. The van der Waals surface area contributed by atoms with Crippen LogP contribution in [0.3, 0.4) is 0 Å². The summed E-state index contributed by atoms with van der Waals surface area (Å²) in [5, 5.41) is 5.90. The first kappa shape index (κ1) is 19.4. The summed E-state index contributed by atoms with van der Waals surface area (Å²) in [5.74, 6) is -0.696. The molecule has 1 heterocycles. The standard InChI is InChI=1S/C19H28FN3O2/c1-13(2)17(22-18(24)15-6-4-5-7-16(15)20)19(25)23-10-8-14(9-11-23)12-21-3/h4-7,13-14,17,21H,8-12H2,1-3H3,(H,22,24). The number of nitrogens with one attached hydrogen (secondary N) is 2. The normalized spacial score (nSPS) is 16.8. The Morgan fingerprint density at radius 2 is 1.88 bits per heavy atom. The van der Waals surface area contributed by atoms with E-state index in [2.05, 4.69) is 10.6 Å². The van der Waals surface area contributed by atoms with Crippen molar-refractivity contribution in [3.05, 3.63) is 35.6 Å². The van der Waals surface area contributed by atoms with E-state index in [-0.39, 0.29) is 17.4 Å². The summed E-state index contributed by atoms with van der Waals surface area (Å²) in [4.78, 5) is 27.1. The van der Waals surface area contributed by atoms with Crippen LogP contribution in [0.2, 0.25) is 0 Å². The van der Waals surface area contributed by atoms with Gasteiger partial charge in [0.2, 0.25) is 5.91 Å². The first-order valence-corrected chi connectivity index (χ1v) is 8.92. The van der Waals surface area contributed by atoms with E-state index in [1.807, 2.05) is 25.8 Å². The van der Waals surface area contributed by atoms with Gasteiger partial charge < -0.3 is 15.5 Å². The van der Waals surface area contributed by atoms with Gasteiger partial charge in [0.25, 0.3) is 5.91 Å². The van der Waals surface area contributed by atoms with E-state index in [1.54, 1.807) is 6.07 Å². The molecule has 1 aliphatic rings. The molecule has 1 atom stereocenters. The molecule has 0 aromatic heterocycles. The van der Waals surface area contributed by atoms with Crippen LogP contribution in [0.1, 0.15) is 37.0 Å². The van der Waals surface area contributed by atoms with Gasteiger partial charge in [-0.3, -0.25) is 9.59 Å². The highest BCUT2D eigenvalue weighted by Gasteiger charge is 2.31. The molecule has 1 aliphatic heterocycles. The van der Waals surface area contributed by atoms with Gasteiger partial charge in [0.15, 0.2) is 0 Å². The van der Waals surface area contributed by atoms with Crippen LogP contribution in [-0.2, 0) is 4.79 Å². The minimum absolute atomic E-state index is 0.0336. The van der Waals surface area contributed by atoms with Crippen molar-refractivity contribution < 1.29 is 14.0 Å². The monoisotopic (exact) mass is 349 g/mol. The fourth-order valence-corrected chi connectivity index (χ4v) is 3.22. The predicted molar refractivity (Wildman–Crippen MR) is 95.7 cm³/mol. The Labute approximate surface area is 149 Å². The van der Waals surface area contributed by atoms with E-state index in [0.29, 0.717) is 19.0 Å². The van der Waals surface area contributed by atoms with E-state index in [1.165, 1.54) is 18.2 Å². The van der Waals surface area contributed by atoms with Crippen LogP contribution in [0.4, 0.5) is 4.39 Å². The van der Waals surface area contributed by atoms with Gasteiger partial charge in [-0.1, -0.05) is 26.0 Å². The molecule has 138 valence electrons. The summed E-state index contributed by atoms with van der Waals surface area (Å²) in [6.07, 6.45) is 1.91. The van der Waals surface area contributed by atoms with Gasteiger partial charge in [-0.15, -0.1) is 0 Å². The fourth-order valence-electron chi connectivity index (χ4n) is 3.22. The Hall–Kier alpha value is -1.95. The Kier molecular flexibility index (Phi) is 6.93. The summed E-state index contributed by atoms with van der Waals surface area (Å²) in [6, 6.07) is 5.17. The van der Waals surface area contributed by atoms with Crippen LogP contribution in [0.15, 0.2) is 24.3 Å². The predicted octanol–water partition coefficient (Wildman–Crippen LogP) is 2.04. The van der Waals surface area contributed by atoms with Crippen molar-refractivity contribution in [2.24, 2.45) is 11.8 Å². The summed E-state index contributed by atoms with van der Waals surface area (Å²) in [6.45, 7) is 6.13. The Balaban J connectivity index is 2.02. The molecule has 0 aliphatic carbocycles. The largest absolute Gasteiger partial charge is 0.341 e. The van der Waals surface area contributed by atoms with Crippen LogP contribution < -0.4 is 10.6 Å². The molecule has 2 amide bonds. The van der Waals surface area contributed by atoms with Crippen molar-refractivity contribution in [2.45, 2.75) is 32.7 Å². The number of amides is 2. The lowest BCUT2D eigenvalue weighted by Gasteiger charge is -2.35. The number of benzene rings is 1. The summed E-state index contributed by atoms with van der Waals surface area (Å²) >= 11 is 0. The van der Waals surface area contributed by atoms with Crippen molar-refractivity contribution in [1.29, 1.82) is 0 Å². The van der Waals surface area contributed by atoms with E-state index < -0.39 is 17.8 Å². The lowest BCUT2D eigenvalue weighted by molar-refractivity contribution is -0.135. The van der Waals surface area contributed by atoms with Crippen molar-refractivity contribution in [1.82, 2.24) is 15.5 Å². The van der Waals surface area contributed by atoms with Gasteiger partial charge in [0, 0.05) is 13.1 Å². The molecule has 1 unspecified atom stereocenters. The second-order valence-electron chi connectivity index (χ2n) is 7.00. The Morgan fingerprint density at radius 1 is 1.24 bits per heavy atom. The maximum atomic E-state index is 13.8. The van der Waals surface area contributed by atoms with Crippen LogP contribution in [0.25, 0.3) is 0 Å². The first-order valence-electron chi connectivity index (χ1n) is 8.92. The molecule has 0 saturated carbocycles. The van der Waals surface area contributed by atoms with Gasteiger partial charge in [0.1, 0.15) is 11.9 Å². The van der Waals surface area contributed by atoms with Crippen molar-refractivity contribution in [3.63, 3.8) is 0 Å². The molecule has 1 aromatic carbocycles. The number of likely N-dealkylation sites (tertiary alicyclic amines) is 1. The van der Waals surface area contributed by atoms with Crippen LogP contribution >= 0.6 is 0 Å². The Morgan fingerprint density at radius 3 is 2.44 bits per heavy atom. The highest BCUT2D eigenvalue weighted by atomic mass is 19.1. The second-order valence-corrected chi connectivity index (χ2v) is 7.00. The molecular weight excluding hydrogens is 321 g/mol. The average molecular weight is 349 g/mol. The molecule has 0 spiro atoms. The molecule has 2 rings (SSSR count). The molecule has 25 heavy (non-hydrogen) atoms. The van der Waals surface area contributed by atoms with Crippen molar-refractivity contribution in [2.75, 3.05) is 26.7 Å². The van der Waals surface area contributed by atoms with Gasteiger partial charge in [0.05, 0.1) is 5.56 Å². The van der Waals surface area contributed by atoms with Gasteiger partial charge in [-0.25, -0.2) is 4.39 Å². The number of piperidine rings is 1. The van der Waals surface area contributed by atoms with Crippen LogP contribution in [0.5, 0.6) is 0 Å². The molecule has 2 N–H and O–H groups in total. The number of halogens is 1. The number of carbonyl (C=O) groups is 2. The summed E-state index contributed by atoms with van der Waals surface area (Å²) < 4.78 is 13.8. The van der Waals surface area contributed by atoms with Crippen molar-refractivity contribution in [3.8, 4) is 0 Å². The van der Waals surface area contributed by atoms with E-state index in [0.717, 1.165) is 19.4 Å². The minimum atomic E-state index is -0.645. The van der Waals surface area contributed by atoms with Gasteiger partial charge in [-0.2, -0.15) is 0 Å². The molecule has 6 heteroatoms. The van der Waals surface area contributed by atoms with E-state index in [4.69, 9.17) is 0 Å². The van der Waals surface area contributed by atoms with Gasteiger partial charge >= 0.3 is 0 Å². The highest BCUT2D eigenvalue weighted by molar-refractivity contribution is 5.97. The van der Waals surface area contributed by atoms with Crippen molar-refractivity contribution >= 4 is 11.8 Å². The molecular formula is C19H28FN3O2. The molecule has 1 aromatic rings.